The first-order valence-corrected chi connectivity index (χ1v) is 11.4. The second-order valence-corrected chi connectivity index (χ2v) is 8.46. The molecule has 11 nitrogen and oxygen atoms in total. The summed E-state index contributed by atoms with van der Waals surface area (Å²) in [5, 5.41) is 16.3. The van der Waals surface area contributed by atoms with Crippen molar-refractivity contribution in [1.82, 2.24) is 25.1 Å². The van der Waals surface area contributed by atoms with Crippen molar-refractivity contribution in [3.63, 3.8) is 0 Å². The van der Waals surface area contributed by atoms with Crippen LogP contribution in [-0.4, -0.2) is 42.7 Å². The summed E-state index contributed by atoms with van der Waals surface area (Å²) in [7, 11) is 0. The number of rotatable bonds is 5. The molecule has 11 heteroatoms. The molecule has 0 saturated carbocycles. The van der Waals surface area contributed by atoms with Crippen LogP contribution in [-0.2, 0) is 11.3 Å². The molecule has 0 atom stereocenters. The van der Waals surface area contributed by atoms with Gasteiger partial charge in [0.2, 0.25) is 17.6 Å². The predicted octanol–water partition coefficient (Wildman–Crippen LogP) is 2.55. The first-order valence-electron chi connectivity index (χ1n) is 11.4. The number of fused-ring (bicyclic) bond motifs is 1. The highest BCUT2D eigenvalue weighted by atomic mass is 16.5. The van der Waals surface area contributed by atoms with E-state index in [9.17, 15) is 10.0 Å². The summed E-state index contributed by atoms with van der Waals surface area (Å²) < 4.78 is 11.2. The number of nitrogens with zero attached hydrogens (tertiary/aromatic N) is 7. The lowest BCUT2D eigenvalue weighted by molar-refractivity contribution is -0.128. The van der Waals surface area contributed by atoms with Crippen LogP contribution >= 0.6 is 0 Å². The molecule has 2 aromatic heterocycles. The Hall–Kier alpha value is -4.64. The summed E-state index contributed by atoms with van der Waals surface area (Å²) in [4.78, 5) is 31.9. The average molecular weight is 483 g/mol. The lowest BCUT2D eigenvalue weighted by atomic mass is 10.1. The average Bonchev–Trinajstić information content (AvgIpc) is 3.60. The minimum atomic E-state index is 0.113. The fourth-order valence-corrected chi connectivity index (χ4v) is 4.16. The summed E-state index contributed by atoms with van der Waals surface area (Å²) >= 11 is 0. The number of likely N-dealkylation sites (tertiary alicyclic amines) is 1. The van der Waals surface area contributed by atoms with Crippen molar-refractivity contribution < 1.29 is 19.3 Å². The number of carbonyl (C=O) groups is 1. The number of carbonyl (C=O) groups excluding carboxylic acids is 1. The van der Waals surface area contributed by atoms with Crippen molar-refractivity contribution in [2.24, 2.45) is 9.98 Å². The SMILES string of the molecule is Cc1nc(-c2ccc(Oc3cc4c(cc3CN3CCCC3=O)=NC(=C3C=CC=CN3O)N=4)cn2)no1. The number of pyridine rings is 1. The van der Waals surface area contributed by atoms with Crippen molar-refractivity contribution in [1.29, 1.82) is 0 Å². The van der Waals surface area contributed by atoms with Gasteiger partial charge in [-0.3, -0.25) is 10.0 Å². The number of hydrogen-bond donors (Lipinski definition) is 1. The molecular weight excluding hydrogens is 462 g/mol. The van der Waals surface area contributed by atoms with E-state index in [2.05, 4.69) is 25.1 Å². The van der Waals surface area contributed by atoms with E-state index in [-0.39, 0.29) is 5.91 Å². The Balaban J connectivity index is 1.36. The zero-order chi connectivity index (χ0) is 24.6. The topological polar surface area (TPSA) is 130 Å². The fourth-order valence-electron chi connectivity index (χ4n) is 4.16. The molecule has 3 aromatic rings. The van der Waals surface area contributed by atoms with Crippen LogP contribution in [0.1, 0.15) is 24.3 Å². The summed E-state index contributed by atoms with van der Waals surface area (Å²) in [6.07, 6.45) is 9.72. The van der Waals surface area contributed by atoms with Crippen LogP contribution in [0.4, 0.5) is 0 Å². The van der Waals surface area contributed by atoms with E-state index in [1.165, 1.54) is 6.20 Å². The van der Waals surface area contributed by atoms with E-state index in [1.807, 2.05) is 11.0 Å². The van der Waals surface area contributed by atoms with E-state index < -0.39 is 0 Å². The van der Waals surface area contributed by atoms with Crippen molar-refractivity contribution in [3.05, 3.63) is 88.6 Å². The second-order valence-electron chi connectivity index (χ2n) is 8.46. The molecule has 0 bridgehead atoms. The molecule has 36 heavy (non-hydrogen) atoms. The quantitative estimate of drug-likeness (QED) is 0.586. The minimum Gasteiger partial charge on any atom is -0.455 e. The maximum absolute atomic E-state index is 12.3. The molecule has 0 radical (unpaired) electrons. The van der Waals surface area contributed by atoms with Gasteiger partial charge in [0.05, 0.1) is 16.9 Å². The van der Waals surface area contributed by atoms with Crippen molar-refractivity contribution in [2.75, 3.05) is 6.54 Å². The van der Waals surface area contributed by atoms with E-state index >= 15 is 0 Å². The monoisotopic (exact) mass is 483 g/mol. The Morgan fingerprint density at radius 2 is 2.03 bits per heavy atom. The van der Waals surface area contributed by atoms with Crippen molar-refractivity contribution >= 4 is 5.91 Å². The molecule has 3 aliphatic rings. The van der Waals surface area contributed by atoms with E-state index in [1.54, 1.807) is 49.5 Å². The third-order valence-electron chi connectivity index (χ3n) is 5.93. The number of hydroxylamine groups is 2. The summed E-state index contributed by atoms with van der Waals surface area (Å²) in [5.41, 5.74) is 1.82. The maximum Gasteiger partial charge on any atom is 0.223 e. The molecule has 1 aromatic carbocycles. The summed E-state index contributed by atoms with van der Waals surface area (Å²) in [6, 6.07) is 7.19. The van der Waals surface area contributed by atoms with E-state index in [4.69, 9.17) is 9.26 Å². The van der Waals surface area contributed by atoms with Gasteiger partial charge in [-0.25, -0.2) is 20.0 Å². The summed E-state index contributed by atoms with van der Waals surface area (Å²) in [5.74, 6) is 2.40. The van der Waals surface area contributed by atoms with Crippen LogP contribution in [0.3, 0.4) is 0 Å². The molecule has 0 unspecified atom stereocenters. The highest BCUT2D eigenvalue weighted by molar-refractivity contribution is 5.78. The Kier molecular flexibility index (Phi) is 5.38. The van der Waals surface area contributed by atoms with Gasteiger partial charge in [0.15, 0.2) is 5.82 Å². The third-order valence-corrected chi connectivity index (χ3v) is 5.93. The van der Waals surface area contributed by atoms with E-state index in [0.29, 0.717) is 70.7 Å². The van der Waals surface area contributed by atoms with Gasteiger partial charge in [-0.15, -0.1) is 0 Å². The fraction of sp³-hybridized carbons (Fsp3) is 0.200. The van der Waals surface area contributed by atoms with Crippen LogP contribution < -0.4 is 15.5 Å². The van der Waals surface area contributed by atoms with Gasteiger partial charge in [-0.1, -0.05) is 11.2 Å². The molecule has 1 saturated heterocycles. The van der Waals surface area contributed by atoms with Crippen molar-refractivity contribution in [2.45, 2.75) is 26.3 Å². The number of amides is 1. The van der Waals surface area contributed by atoms with Gasteiger partial charge in [0.1, 0.15) is 22.9 Å². The second kappa shape index (κ2) is 8.86. The zero-order valence-electron chi connectivity index (χ0n) is 19.3. The first kappa shape index (κ1) is 21.9. The number of allylic oxidation sites excluding steroid dienone is 3. The largest absolute Gasteiger partial charge is 0.455 e. The number of ether oxygens (including phenoxy) is 1. The maximum atomic E-state index is 12.3. The standard InChI is InChI=1S/C25H21N7O4/c1-15-27-24(30-36-15)18-8-7-17(13-26-18)35-22-12-20-19(11-16(22)14-31-9-4-6-23(31)33)28-25(29-20)21-5-2-3-10-32(21)34/h2-3,5,7-8,10-13,34H,4,6,9,14H2,1H3. The number of aromatic nitrogens is 3. The number of hydrogen-bond acceptors (Lipinski definition) is 10. The van der Waals surface area contributed by atoms with Gasteiger partial charge >= 0.3 is 0 Å². The zero-order valence-corrected chi connectivity index (χ0v) is 19.3. The van der Waals surface area contributed by atoms with Gasteiger partial charge < -0.3 is 14.2 Å². The van der Waals surface area contributed by atoms with Gasteiger partial charge in [0, 0.05) is 44.3 Å². The highest BCUT2D eigenvalue weighted by Crippen LogP contribution is 2.27. The molecule has 6 rings (SSSR count). The molecule has 1 amide bonds. The molecule has 3 aliphatic heterocycles. The van der Waals surface area contributed by atoms with Crippen LogP contribution in [0, 0.1) is 6.92 Å². The van der Waals surface area contributed by atoms with Gasteiger partial charge in [0.25, 0.3) is 0 Å². The molecule has 0 spiro atoms. The normalized spacial score (nSPS) is 18.4. The Bertz CT molecular complexity index is 1570. The molecular formula is C25H21N7O4. The third kappa shape index (κ3) is 4.16. The smallest absolute Gasteiger partial charge is 0.223 e. The lowest BCUT2D eigenvalue weighted by Crippen LogP contribution is -2.27. The van der Waals surface area contributed by atoms with Crippen LogP contribution in [0.5, 0.6) is 11.5 Å². The predicted molar refractivity (Wildman–Crippen MR) is 125 cm³/mol. The van der Waals surface area contributed by atoms with Crippen LogP contribution in [0.25, 0.3) is 11.5 Å². The Morgan fingerprint density at radius 3 is 2.72 bits per heavy atom. The molecule has 5 heterocycles. The van der Waals surface area contributed by atoms with Crippen LogP contribution in [0.2, 0.25) is 0 Å². The highest BCUT2D eigenvalue weighted by Gasteiger charge is 2.23. The molecule has 1 fully saturated rings. The Morgan fingerprint density at radius 1 is 1.17 bits per heavy atom. The first-order chi connectivity index (χ1) is 17.5. The molecule has 180 valence electrons. The van der Waals surface area contributed by atoms with Gasteiger partial charge in [-0.05, 0) is 36.8 Å². The summed E-state index contributed by atoms with van der Waals surface area (Å²) in [6.45, 7) is 2.81. The van der Waals surface area contributed by atoms with Crippen molar-refractivity contribution in [3.8, 4) is 23.0 Å². The van der Waals surface area contributed by atoms with Gasteiger partial charge in [-0.2, -0.15) is 4.98 Å². The molecule has 1 N–H and O–H groups in total. The minimum absolute atomic E-state index is 0.113. The Labute approximate surface area is 205 Å². The van der Waals surface area contributed by atoms with E-state index in [0.717, 1.165) is 17.0 Å². The van der Waals surface area contributed by atoms with Crippen LogP contribution in [0.15, 0.2) is 80.9 Å². The molecule has 0 aliphatic carbocycles. The lowest BCUT2D eigenvalue weighted by Gasteiger charge is -2.18. The number of benzene rings is 1. The number of aryl methyl sites for hydroxylation is 1.